The highest BCUT2D eigenvalue weighted by Crippen LogP contribution is 2.25. The molecule has 0 bridgehead atoms. The summed E-state index contributed by atoms with van der Waals surface area (Å²) in [6, 6.07) is 22.9. The number of ether oxygens (including phenoxy) is 2. The van der Waals surface area contributed by atoms with Crippen molar-refractivity contribution in [3.63, 3.8) is 0 Å². The molecular formula is C27H28N4O4. The van der Waals surface area contributed by atoms with E-state index in [1.54, 1.807) is 12.1 Å². The van der Waals surface area contributed by atoms with Crippen molar-refractivity contribution in [3.05, 3.63) is 83.9 Å². The van der Waals surface area contributed by atoms with Crippen LogP contribution in [0.15, 0.2) is 77.2 Å². The maximum Gasteiger partial charge on any atom is 0.295 e. The average Bonchev–Trinajstić information content (AvgIpc) is 3.31. The van der Waals surface area contributed by atoms with Crippen LogP contribution in [0.4, 0.5) is 11.7 Å². The Bertz CT molecular complexity index is 1270. The Labute approximate surface area is 203 Å². The predicted molar refractivity (Wildman–Crippen MR) is 135 cm³/mol. The number of anilines is 2. The molecule has 1 aliphatic heterocycles. The Hall–Kier alpha value is -3.88. The van der Waals surface area contributed by atoms with E-state index in [9.17, 15) is 4.79 Å². The highest BCUT2D eigenvalue weighted by Gasteiger charge is 2.12. The van der Waals surface area contributed by atoms with Crippen LogP contribution in [-0.2, 0) is 11.3 Å². The maximum atomic E-state index is 12.6. The number of carbonyl (C=O) groups excluding carboxylic acids is 1. The molecule has 0 spiro atoms. The Morgan fingerprint density at radius 1 is 1.00 bits per heavy atom. The number of nitrogens with one attached hydrogen (secondary N) is 2. The molecule has 0 atom stereocenters. The van der Waals surface area contributed by atoms with Gasteiger partial charge >= 0.3 is 0 Å². The van der Waals surface area contributed by atoms with Crippen molar-refractivity contribution in [2.45, 2.75) is 6.54 Å². The summed E-state index contributed by atoms with van der Waals surface area (Å²) >= 11 is 0. The largest absolute Gasteiger partial charge is 0.492 e. The van der Waals surface area contributed by atoms with E-state index < -0.39 is 0 Å². The fraction of sp³-hybridized carbons (Fsp3) is 0.259. The van der Waals surface area contributed by atoms with Gasteiger partial charge in [0, 0.05) is 43.5 Å². The minimum atomic E-state index is -0.152. The van der Waals surface area contributed by atoms with Gasteiger partial charge in [-0.2, -0.15) is 4.98 Å². The third kappa shape index (κ3) is 5.98. The van der Waals surface area contributed by atoms with E-state index in [0.29, 0.717) is 30.3 Å². The summed E-state index contributed by atoms with van der Waals surface area (Å²) in [6.45, 7) is 5.37. The van der Waals surface area contributed by atoms with Crippen LogP contribution >= 0.6 is 0 Å². The summed E-state index contributed by atoms with van der Waals surface area (Å²) in [5, 5.41) is 6.20. The molecule has 35 heavy (non-hydrogen) atoms. The normalized spacial score (nSPS) is 14.1. The van der Waals surface area contributed by atoms with Crippen LogP contribution in [0.5, 0.6) is 5.75 Å². The van der Waals surface area contributed by atoms with Gasteiger partial charge in [-0.25, -0.2) is 0 Å². The lowest BCUT2D eigenvalue weighted by molar-refractivity contribution is 0.0322. The molecule has 4 aromatic rings. The van der Waals surface area contributed by atoms with Crippen molar-refractivity contribution in [2.75, 3.05) is 50.1 Å². The number of hydrogen-bond donors (Lipinski definition) is 2. The number of nitrogens with zero attached hydrogens (tertiary/aromatic N) is 2. The fourth-order valence-electron chi connectivity index (χ4n) is 3.94. The zero-order valence-electron chi connectivity index (χ0n) is 19.4. The standard InChI is InChI=1S/C27H28N4O4/c32-26(20-6-2-1-3-7-20)29-23-9-5-4-8-21(23)19-28-27-30-24-11-10-22(18-25(24)35-27)34-17-14-31-12-15-33-16-13-31/h1-11,18H,12-17,19H2,(H,28,30)(H,29,32). The number of rotatable bonds is 9. The lowest BCUT2D eigenvalue weighted by atomic mass is 10.1. The topological polar surface area (TPSA) is 88.9 Å². The number of carbonyl (C=O) groups is 1. The molecule has 0 unspecified atom stereocenters. The van der Waals surface area contributed by atoms with Gasteiger partial charge in [-0.1, -0.05) is 36.4 Å². The quantitative estimate of drug-likeness (QED) is 0.373. The minimum Gasteiger partial charge on any atom is -0.492 e. The zero-order valence-corrected chi connectivity index (χ0v) is 19.4. The molecule has 5 rings (SSSR count). The van der Waals surface area contributed by atoms with Crippen LogP contribution < -0.4 is 15.4 Å². The first-order valence-electron chi connectivity index (χ1n) is 11.8. The monoisotopic (exact) mass is 472 g/mol. The van der Waals surface area contributed by atoms with Gasteiger partial charge in [0.15, 0.2) is 5.58 Å². The van der Waals surface area contributed by atoms with Crippen LogP contribution in [0.1, 0.15) is 15.9 Å². The Kier molecular flexibility index (Phi) is 7.21. The van der Waals surface area contributed by atoms with Gasteiger partial charge in [-0.15, -0.1) is 0 Å². The molecule has 0 aliphatic carbocycles. The second-order valence-electron chi connectivity index (χ2n) is 8.28. The number of morpholine rings is 1. The van der Waals surface area contributed by atoms with Gasteiger partial charge in [0.1, 0.15) is 17.9 Å². The highest BCUT2D eigenvalue weighted by atomic mass is 16.5. The number of oxazole rings is 1. The van der Waals surface area contributed by atoms with Crippen LogP contribution in [0.25, 0.3) is 11.1 Å². The summed E-state index contributed by atoms with van der Waals surface area (Å²) in [5.41, 5.74) is 3.67. The number of aromatic nitrogens is 1. The molecule has 3 aromatic carbocycles. The lowest BCUT2D eigenvalue weighted by Gasteiger charge is -2.26. The van der Waals surface area contributed by atoms with Crippen molar-refractivity contribution in [3.8, 4) is 5.75 Å². The van der Waals surface area contributed by atoms with Gasteiger partial charge in [0.25, 0.3) is 11.9 Å². The summed E-state index contributed by atoms with van der Waals surface area (Å²) in [5.74, 6) is 0.600. The molecule has 1 aliphatic rings. The first-order valence-corrected chi connectivity index (χ1v) is 11.8. The second-order valence-corrected chi connectivity index (χ2v) is 8.28. The van der Waals surface area contributed by atoms with Crippen LogP contribution in [0, 0.1) is 0 Å². The van der Waals surface area contributed by atoms with E-state index in [1.807, 2.05) is 60.7 Å². The molecule has 2 N–H and O–H groups in total. The van der Waals surface area contributed by atoms with E-state index >= 15 is 0 Å². The van der Waals surface area contributed by atoms with Crippen molar-refractivity contribution >= 4 is 28.7 Å². The minimum absolute atomic E-state index is 0.152. The molecule has 2 heterocycles. The predicted octanol–water partition coefficient (Wildman–Crippen LogP) is 4.40. The molecule has 180 valence electrons. The van der Waals surface area contributed by atoms with E-state index in [1.165, 1.54) is 0 Å². The Balaban J connectivity index is 1.19. The summed E-state index contributed by atoms with van der Waals surface area (Å²) in [6.07, 6.45) is 0. The summed E-state index contributed by atoms with van der Waals surface area (Å²) in [4.78, 5) is 19.4. The zero-order chi connectivity index (χ0) is 23.9. The van der Waals surface area contributed by atoms with E-state index in [-0.39, 0.29) is 5.91 Å². The van der Waals surface area contributed by atoms with Gasteiger partial charge < -0.3 is 24.5 Å². The van der Waals surface area contributed by atoms with Gasteiger partial charge in [0.05, 0.1) is 13.2 Å². The second kappa shape index (κ2) is 11.0. The molecule has 8 heteroatoms. The summed E-state index contributed by atoms with van der Waals surface area (Å²) in [7, 11) is 0. The number of amides is 1. The smallest absolute Gasteiger partial charge is 0.295 e. The summed E-state index contributed by atoms with van der Waals surface area (Å²) < 4.78 is 17.2. The molecule has 0 saturated carbocycles. The molecule has 1 amide bonds. The number of benzene rings is 3. The average molecular weight is 473 g/mol. The van der Waals surface area contributed by atoms with Gasteiger partial charge in [-0.3, -0.25) is 9.69 Å². The Morgan fingerprint density at radius 2 is 1.80 bits per heavy atom. The first kappa shape index (κ1) is 22.9. The van der Waals surface area contributed by atoms with Crippen LogP contribution in [0.2, 0.25) is 0 Å². The molecule has 1 fully saturated rings. The van der Waals surface area contributed by atoms with E-state index in [2.05, 4.69) is 20.5 Å². The first-order chi connectivity index (χ1) is 17.2. The van der Waals surface area contributed by atoms with Gasteiger partial charge in [-0.05, 0) is 35.9 Å². The number of para-hydroxylation sites is 1. The molecule has 1 saturated heterocycles. The molecular weight excluding hydrogens is 444 g/mol. The van der Waals surface area contributed by atoms with Crippen LogP contribution in [-0.4, -0.2) is 55.2 Å². The fourth-order valence-corrected chi connectivity index (χ4v) is 3.94. The molecule has 8 nitrogen and oxygen atoms in total. The van der Waals surface area contributed by atoms with Crippen molar-refractivity contribution in [1.82, 2.24) is 9.88 Å². The maximum absolute atomic E-state index is 12.6. The highest BCUT2D eigenvalue weighted by molar-refractivity contribution is 6.04. The third-order valence-corrected chi connectivity index (χ3v) is 5.87. The van der Waals surface area contributed by atoms with Crippen LogP contribution in [0.3, 0.4) is 0 Å². The lowest BCUT2D eigenvalue weighted by Crippen LogP contribution is -2.38. The molecule has 0 radical (unpaired) electrons. The number of hydrogen-bond acceptors (Lipinski definition) is 7. The molecule has 1 aromatic heterocycles. The van der Waals surface area contributed by atoms with Crippen molar-refractivity contribution in [1.29, 1.82) is 0 Å². The third-order valence-electron chi connectivity index (χ3n) is 5.87. The Morgan fingerprint density at radius 3 is 2.66 bits per heavy atom. The number of fused-ring (bicyclic) bond motifs is 1. The van der Waals surface area contributed by atoms with Gasteiger partial charge in [0.2, 0.25) is 0 Å². The van der Waals surface area contributed by atoms with E-state index in [0.717, 1.165) is 55.4 Å². The van der Waals surface area contributed by atoms with E-state index in [4.69, 9.17) is 13.9 Å². The SMILES string of the molecule is O=C(Nc1ccccc1CNc1nc2ccc(OCCN3CCOCC3)cc2o1)c1ccccc1. The van der Waals surface area contributed by atoms with Crippen molar-refractivity contribution < 1.29 is 18.7 Å². The van der Waals surface area contributed by atoms with Crippen molar-refractivity contribution in [2.24, 2.45) is 0 Å².